The van der Waals surface area contributed by atoms with E-state index in [4.69, 9.17) is 0 Å². The zero-order valence-electron chi connectivity index (χ0n) is 11.5. The van der Waals surface area contributed by atoms with E-state index in [9.17, 15) is 4.39 Å². The Morgan fingerprint density at radius 2 is 2.21 bits per heavy atom. The molecule has 0 saturated carbocycles. The number of fused-ring (bicyclic) bond motifs is 1. The number of rotatable bonds is 3. The topological polar surface area (TPSA) is 41.4 Å². The lowest BCUT2D eigenvalue weighted by Crippen LogP contribution is -2.35. The average Bonchev–Trinajstić information content (AvgIpc) is 2.71. The third kappa shape index (κ3) is 2.86. The summed E-state index contributed by atoms with van der Waals surface area (Å²) in [5.74, 6) is 0.570. The number of guanidine groups is 1. The predicted molar refractivity (Wildman–Crippen MR) is 77.0 cm³/mol. The highest BCUT2D eigenvalue weighted by Gasteiger charge is 2.07. The minimum atomic E-state index is -0.200. The van der Waals surface area contributed by atoms with Gasteiger partial charge in [0.1, 0.15) is 5.82 Å². The second kappa shape index (κ2) is 5.73. The maximum Gasteiger partial charge on any atom is 0.190 e. The van der Waals surface area contributed by atoms with Crippen LogP contribution in [0.15, 0.2) is 29.4 Å². The van der Waals surface area contributed by atoms with Crippen LogP contribution in [0.3, 0.4) is 0 Å². The van der Waals surface area contributed by atoms with Crippen molar-refractivity contribution in [1.82, 2.24) is 15.2 Å². The maximum atomic E-state index is 13.2. The summed E-state index contributed by atoms with van der Waals surface area (Å²) in [4.78, 5) is 4.06. The van der Waals surface area contributed by atoms with Crippen LogP contribution in [0.4, 0.5) is 4.39 Å². The largest absolute Gasteiger partial charge is 0.359 e. The molecular weight excluding hydrogens is 243 g/mol. The second-order valence-electron chi connectivity index (χ2n) is 4.43. The maximum absolute atomic E-state index is 13.2. The fourth-order valence-electron chi connectivity index (χ4n) is 2.24. The van der Waals surface area contributed by atoms with E-state index in [0.717, 1.165) is 29.8 Å². The lowest BCUT2D eigenvalue weighted by Gasteiger charge is -2.07. The van der Waals surface area contributed by atoms with Crippen molar-refractivity contribution < 1.29 is 4.39 Å². The Labute approximate surface area is 112 Å². The van der Waals surface area contributed by atoms with Crippen molar-refractivity contribution in [2.75, 3.05) is 20.6 Å². The van der Waals surface area contributed by atoms with E-state index in [2.05, 4.69) is 15.6 Å². The first-order valence-electron chi connectivity index (χ1n) is 6.27. The number of halogens is 1. The van der Waals surface area contributed by atoms with Crippen LogP contribution in [-0.4, -0.2) is 31.2 Å². The third-order valence-electron chi connectivity index (χ3n) is 3.18. The van der Waals surface area contributed by atoms with E-state index in [1.807, 2.05) is 30.9 Å². The van der Waals surface area contributed by atoms with Gasteiger partial charge in [-0.05, 0) is 30.2 Å². The quantitative estimate of drug-likeness (QED) is 0.652. The minimum absolute atomic E-state index is 0.200. The van der Waals surface area contributed by atoms with E-state index >= 15 is 0 Å². The molecule has 1 heterocycles. The molecule has 0 unspecified atom stereocenters. The minimum Gasteiger partial charge on any atom is -0.359 e. The molecule has 0 spiro atoms. The van der Waals surface area contributed by atoms with Gasteiger partial charge in [-0.15, -0.1) is 0 Å². The molecule has 0 aliphatic carbocycles. The van der Waals surface area contributed by atoms with Crippen molar-refractivity contribution in [3.05, 3.63) is 35.8 Å². The SMILES string of the molecule is CN=C(NC)NCCc1cn(C)c2cc(F)ccc12. The van der Waals surface area contributed by atoms with E-state index < -0.39 is 0 Å². The van der Waals surface area contributed by atoms with Gasteiger partial charge in [0.15, 0.2) is 5.96 Å². The lowest BCUT2D eigenvalue weighted by molar-refractivity contribution is 0.629. The molecule has 1 aromatic carbocycles. The van der Waals surface area contributed by atoms with Gasteiger partial charge in [-0.3, -0.25) is 4.99 Å². The highest BCUT2D eigenvalue weighted by Crippen LogP contribution is 2.21. The van der Waals surface area contributed by atoms with Crippen LogP contribution in [0, 0.1) is 5.82 Å². The van der Waals surface area contributed by atoms with Crippen LogP contribution in [-0.2, 0) is 13.5 Å². The van der Waals surface area contributed by atoms with Crippen LogP contribution in [0.5, 0.6) is 0 Å². The first kappa shape index (κ1) is 13.4. The molecule has 0 aliphatic heterocycles. The van der Waals surface area contributed by atoms with Crippen LogP contribution >= 0.6 is 0 Å². The van der Waals surface area contributed by atoms with Gasteiger partial charge in [0, 0.05) is 39.3 Å². The number of nitrogens with zero attached hydrogens (tertiary/aromatic N) is 2. The lowest BCUT2D eigenvalue weighted by atomic mass is 10.1. The van der Waals surface area contributed by atoms with Crippen molar-refractivity contribution >= 4 is 16.9 Å². The van der Waals surface area contributed by atoms with Crippen LogP contribution < -0.4 is 10.6 Å². The summed E-state index contributed by atoms with van der Waals surface area (Å²) in [7, 11) is 5.50. The Bertz CT molecular complexity index is 601. The van der Waals surface area contributed by atoms with E-state index in [1.165, 1.54) is 11.6 Å². The molecule has 5 heteroatoms. The Hall–Kier alpha value is -2.04. The van der Waals surface area contributed by atoms with Gasteiger partial charge in [0.2, 0.25) is 0 Å². The molecule has 0 atom stereocenters. The summed E-state index contributed by atoms with van der Waals surface area (Å²) in [6.45, 7) is 0.782. The molecule has 0 fully saturated rings. The molecule has 102 valence electrons. The molecule has 2 aromatic rings. The number of benzene rings is 1. The molecular formula is C14H19FN4. The number of aliphatic imine (C=N–C) groups is 1. The van der Waals surface area contributed by atoms with Crippen molar-refractivity contribution in [2.24, 2.45) is 12.0 Å². The number of hydrogen-bond acceptors (Lipinski definition) is 1. The molecule has 1 aromatic heterocycles. The van der Waals surface area contributed by atoms with E-state index in [1.54, 1.807) is 13.1 Å². The highest BCUT2D eigenvalue weighted by atomic mass is 19.1. The summed E-state index contributed by atoms with van der Waals surface area (Å²) in [5.41, 5.74) is 2.13. The first-order chi connectivity index (χ1) is 9.15. The zero-order chi connectivity index (χ0) is 13.8. The van der Waals surface area contributed by atoms with Crippen molar-refractivity contribution in [2.45, 2.75) is 6.42 Å². The highest BCUT2D eigenvalue weighted by molar-refractivity contribution is 5.84. The van der Waals surface area contributed by atoms with Gasteiger partial charge >= 0.3 is 0 Å². The van der Waals surface area contributed by atoms with Gasteiger partial charge < -0.3 is 15.2 Å². The molecule has 0 radical (unpaired) electrons. The molecule has 0 bridgehead atoms. The Morgan fingerprint density at radius 3 is 2.89 bits per heavy atom. The van der Waals surface area contributed by atoms with Crippen LogP contribution in [0.2, 0.25) is 0 Å². The van der Waals surface area contributed by atoms with Crippen LogP contribution in [0.25, 0.3) is 10.9 Å². The van der Waals surface area contributed by atoms with E-state index in [0.29, 0.717) is 0 Å². The fraction of sp³-hybridized carbons (Fsp3) is 0.357. The normalized spacial score (nSPS) is 11.9. The Balaban J connectivity index is 2.13. The summed E-state index contributed by atoms with van der Waals surface area (Å²) in [6, 6.07) is 4.91. The summed E-state index contributed by atoms with van der Waals surface area (Å²) >= 11 is 0. The van der Waals surface area contributed by atoms with Gasteiger partial charge in [-0.2, -0.15) is 0 Å². The van der Waals surface area contributed by atoms with Gasteiger partial charge in [0.05, 0.1) is 5.52 Å². The molecule has 19 heavy (non-hydrogen) atoms. The summed E-state index contributed by atoms with van der Waals surface area (Å²) in [6.07, 6.45) is 2.91. The molecule has 0 amide bonds. The van der Waals surface area contributed by atoms with Crippen LogP contribution in [0.1, 0.15) is 5.56 Å². The average molecular weight is 262 g/mol. The van der Waals surface area contributed by atoms with Crippen molar-refractivity contribution in [3.63, 3.8) is 0 Å². The third-order valence-corrected chi connectivity index (χ3v) is 3.18. The van der Waals surface area contributed by atoms with Gasteiger partial charge in [0.25, 0.3) is 0 Å². The predicted octanol–water partition coefficient (Wildman–Crippen LogP) is 1.65. The Kier molecular flexibility index (Phi) is 4.04. The standard InChI is InChI=1S/C14H19FN4/c1-16-14(17-2)18-7-6-10-9-19(3)13-8-11(15)4-5-12(10)13/h4-5,8-9H,6-7H2,1-3H3,(H2,16,17,18). The molecule has 0 saturated heterocycles. The first-order valence-corrected chi connectivity index (χ1v) is 6.27. The molecule has 0 aliphatic rings. The summed E-state index contributed by atoms with van der Waals surface area (Å²) < 4.78 is 15.2. The smallest absolute Gasteiger partial charge is 0.190 e. The van der Waals surface area contributed by atoms with E-state index in [-0.39, 0.29) is 5.82 Å². The van der Waals surface area contributed by atoms with Crippen molar-refractivity contribution in [3.8, 4) is 0 Å². The Morgan fingerprint density at radius 1 is 1.42 bits per heavy atom. The molecule has 2 N–H and O–H groups in total. The number of nitrogens with one attached hydrogen (secondary N) is 2. The second-order valence-corrected chi connectivity index (χ2v) is 4.43. The number of aromatic nitrogens is 1. The number of hydrogen-bond donors (Lipinski definition) is 2. The van der Waals surface area contributed by atoms with Gasteiger partial charge in [-0.1, -0.05) is 0 Å². The monoisotopic (exact) mass is 262 g/mol. The molecule has 4 nitrogen and oxygen atoms in total. The zero-order valence-corrected chi connectivity index (χ0v) is 11.5. The molecule has 2 rings (SSSR count). The van der Waals surface area contributed by atoms with Crippen molar-refractivity contribution in [1.29, 1.82) is 0 Å². The fourth-order valence-corrected chi connectivity index (χ4v) is 2.24. The summed E-state index contributed by atoms with van der Waals surface area (Å²) in [5, 5.41) is 7.28. The van der Waals surface area contributed by atoms with Gasteiger partial charge in [-0.25, -0.2) is 4.39 Å². The number of aryl methyl sites for hydroxylation is 1.